The minimum absolute atomic E-state index is 0.165. The number of hydrogen-bond donors (Lipinski definition) is 2. The van der Waals surface area contributed by atoms with E-state index < -0.39 is 0 Å². The fourth-order valence-corrected chi connectivity index (χ4v) is 4.42. The summed E-state index contributed by atoms with van der Waals surface area (Å²) in [5.41, 5.74) is 3.86. The molecule has 2 aromatic rings. The van der Waals surface area contributed by atoms with Crippen molar-refractivity contribution < 1.29 is 4.79 Å². The average molecular weight is 372 g/mol. The van der Waals surface area contributed by atoms with Crippen LogP contribution in [0, 0.1) is 0 Å². The first-order chi connectivity index (χ1) is 12.2. The largest absolute Gasteiger partial charge is 0.322 e. The highest BCUT2D eigenvalue weighted by Gasteiger charge is 2.22. The zero-order valence-electron chi connectivity index (χ0n) is 13.6. The molecule has 0 bridgehead atoms. The maximum atomic E-state index is 12.6. The lowest BCUT2D eigenvalue weighted by Crippen LogP contribution is -2.24. The highest BCUT2D eigenvalue weighted by molar-refractivity contribution is 7.13. The van der Waals surface area contributed by atoms with Gasteiger partial charge < -0.3 is 10.6 Å². The van der Waals surface area contributed by atoms with Gasteiger partial charge in [-0.1, -0.05) is 48.0 Å². The fraction of sp³-hybridized carbons (Fsp3) is 0.263. The molecular weight excluding hydrogens is 354 g/mol. The number of aromatic nitrogens is 1. The molecule has 0 spiro atoms. The van der Waals surface area contributed by atoms with Crippen LogP contribution in [0.5, 0.6) is 0 Å². The van der Waals surface area contributed by atoms with Gasteiger partial charge in [0.15, 0.2) is 5.01 Å². The molecule has 1 aliphatic heterocycles. The first-order valence-corrected chi connectivity index (χ1v) is 9.57. The average Bonchev–Trinajstić information content (AvgIpc) is 3.08. The first kappa shape index (κ1) is 16.5. The summed E-state index contributed by atoms with van der Waals surface area (Å²) in [6.07, 6.45) is 4.59. The Hall–Kier alpha value is -1.95. The zero-order chi connectivity index (χ0) is 17.2. The third-order valence-electron chi connectivity index (χ3n) is 4.39. The van der Waals surface area contributed by atoms with Crippen LogP contribution in [0.4, 0.5) is 0 Å². The van der Waals surface area contributed by atoms with Crippen LogP contribution in [0.15, 0.2) is 47.1 Å². The second-order valence-corrected chi connectivity index (χ2v) is 7.55. The van der Waals surface area contributed by atoms with Crippen molar-refractivity contribution in [2.75, 3.05) is 6.54 Å². The summed E-state index contributed by atoms with van der Waals surface area (Å²) >= 11 is 8.05. The number of halogens is 1. The van der Waals surface area contributed by atoms with Gasteiger partial charge in [0.05, 0.1) is 10.7 Å². The van der Waals surface area contributed by atoms with E-state index in [2.05, 4.69) is 21.7 Å². The third-order valence-corrected chi connectivity index (χ3v) is 5.92. The second kappa shape index (κ2) is 7.12. The minimum atomic E-state index is -0.165. The van der Waals surface area contributed by atoms with E-state index in [-0.39, 0.29) is 5.91 Å². The monoisotopic (exact) mass is 371 g/mol. The molecule has 1 aromatic carbocycles. The van der Waals surface area contributed by atoms with Crippen molar-refractivity contribution >= 4 is 34.4 Å². The molecule has 0 saturated carbocycles. The molecule has 4 nitrogen and oxygen atoms in total. The molecule has 1 aliphatic carbocycles. The van der Waals surface area contributed by atoms with Crippen molar-refractivity contribution in [1.82, 2.24) is 15.6 Å². The van der Waals surface area contributed by atoms with Gasteiger partial charge in [0.25, 0.3) is 5.91 Å². The molecule has 128 valence electrons. The number of thiazole rings is 1. The standard InChI is InChI=1S/C19H18ClN3OS/c20-17-13(12-5-2-1-3-6-12)7-4-8-15(17)22-18(24)19-23-14-9-10-21-11-16(14)25-19/h1-3,5-7,21H,4,8-11H2,(H,22,24). The first-order valence-electron chi connectivity index (χ1n) is 8.37. The van der Waals surface area contributed by atoms with E-state index in [0.717, 1.165) is 59.8 Å². The fourth-order valence-electron chi connectivity index (χ4n) is 3.12. The molecular formula is C19H18ClN3OS. The predicted octanol–water partition coefficient (Wildman–Crippen LogP) is 3.85. The smallest absolute Gasteiger partial charge is 0.284 e. The molecule has 6 heteroatoms. The molecule has 0 radical (unpaired) electrons. The van der Waals surface area contributed by atoms with Crippen molar-refractivity contribution in [3.8, 4) is 0 Å². The summed E-state index contributed by atoms with van der Waals surface area (Å²) in [7, 11) is 0. The van der Waals surface area contributed by atoms with Gasteiger partial charge >= 0.3 is 0 Å². The topological polar surface area (TPSA) is 54.0 Å². The van der Waals surface area contributed by atoms with E-state index in [1.807, 2.05) is 30.3 Å². The summed E-state index contributed by atoms with van der Waals surface area (Å²) in [6.45, 7) is 1.71. The number of nitrogens with one attached hydrogen (secondary N) is 2. The molecule has 0 fully saturated rings. The molecule has 4 rings (SSSR count). The molecule has 2 N–H and O–H groups in total. The van der Waals surface area contributed by atoms with Crippen molar-refractivity contribution in [2.24, 2.45) is 0 Å². The number of nitrogens with zero attached hydrogens (tertiary/aromatic N) is 1. The Bertz CT molecular complexity index is 847. The molecule has 0 saturated heterocycles. The molecule has 2 aliphatic rings. The summed E-state index contributed by atoms with van der Waals surface area (Å²) in [5.74, 6) is -0.165. The van der Waals surface area contributed by atoms with Gasteiger partial charge in [-0.15, -0.1) is 11.3 Å². The highest BCUT2D eigenvalue weighted by Crippen LogP contribution is 2.34. The summed E-state index contributed by atoms with van der Waals surface area (Å²) in [5, 5.41) is 7.43. The summed E-state index contributed by atoms with van der Waals surface area (Å²) in [4.78, 5) is 18.3. The van der Waals surface area contributed by atoms with E-state index in [1.165, 1.54) is 11.3 Å². The van der Waals surface area contributed by atoms with Gasteiger partial charge in [0.2, 0.25) is 0 Å². The SMILES string of the molecule is O=C(NC1=C(Cl)C(c2ccccc2)=CCC1)c1nc2c(s1)CNCC2. The Morgan fingerprint density at radius 1 is 1.24 bits per heavy atom. The van der Waals surface area contributed by atoms with E-state index >= 15 is 0 Å². The highest BCUT2D eigenvalue weighted by atomic mass is 35.5. The Morgan fingerprint density at radius 2 is 2.08 bits per heavy atom. The lowest BCUT2D eigenvalue weighted by molar-refractivity contribution is 0.0964. The van der Waals surface area contributed by atoms with Crippen LogP contribution in [0.1, 0.15) is 38.8 Å². The lowest BCUT2D eigenvalue weighted by atomic mass is 9.97. The normalized spacial score (nSPS) is 17.1. The number of carbonyl (C=O) groups excluding carboxylic acids is 1. The third kappa shape index (κ3) is 3.40. The molecule has 25 heavy (non-hydrogen) atoms. The Morgan fingerprint density at radius 3 is 2.88 bits per heavy atom. The maximum Gasteiger partial charge on any atom is 0.284 e. The van der Waals surface area contributed by atoms with Crippen LogP contribution < -0.4 is 10.6 Å². The van der Waals surface area contributed by atoms with Crippen LogP contribution in [0.3, 0.4) is 0 Å². The van der Waals surface area contributed by atoms with Crippen molar-refractivity contribution in [2.45, 2.75) is 25.8 Å². The summed E-state index contributed by atoms with van der Waals surface area (Å²) in [6, 6.07) is 10.0. The number of benzene rings is 1. The molecule has 0 atom stereocenters. The van der Waals surface area contributed by atoms with Gasteiger partial charge in [-0.2, -0.15) is 0 Å². The molecule has 0 unspecified atom stereocenters. The van der Waals surface area contributed by atoms with Crippen LogP contribution >= 0.6 is 22.9 Å². The summed E-state index contributed by atoms with van der Waals surface area (Å²) < 4.78 is 0. The van der Waals surface area contributed by atoms with Crippen LogP contribution in [-0.4, -0.2) is 17.4 Å². The minimum Gasteiger partial charge on any atom is -0.322 e. The van der Waals surface area contributed by atoms with Gasteiger partial charge in [-0.3, -0.25) is 4.79 Å². The van der Waals surface area contributed by atoms with Gasteiger partial charge in [-0.05, 0) is 24.0 Å². The van der Waals surface area contributed by atoms with Crippen molar-refractivity contribution in [3.05, 3.63) is 68.3 Å². The van der Waals surface area contributed by atoms with Gasteiger partial charge in [0.1, 0.15) is 0 Å². The number of hydrogen-bond acceptors (Lipinski definition) is 4. The number of fused-ring (bicyclic) bond motifs is 1. The number of carbonyl (C=O) groups is 1. The van der Waals surface area contributed by atoms with Gasteiger partial charge in [0, 0.05) is 30.1 Å². The van der Waals surface area contributed by atoms with Crippen molar-refractivity contribution in [3.63, 3.8) is 0 Å². The lowest BCUT2D eigenvalue weighted by Gasteiger charge is -2.18. The van der Waals surface area contributed by atoms with Crippen LogP contribution in [0.25, 0.3) is 5.57 Å². The quantitative estimate of drug-likeness (QED) is 0.861. The molecule has 1 aromatic heterocycles. The number of amides is 1. The van der Waals surface area contributed by atoms with E-state index in [1.54, 1.807) is 0 Å². The van der Waals surface area contributed by atoms with E-state index in [9.17, 15) is 4.79 Å². The Kier molecular flexibility index (Phi) is 4.70. The molecule has 2 heterocycles. The zero-order valence-corrected chi connectivity index (χ0v) is 15.2. The van der Waals surface area contributed by atoms with Crippen LogP contribution in [-0.2, 0) is 13.0 Å². The van der Waals surface area contributed by atoms with E-state index in [4.69, 9.17) is 11.6 Å². The van der Waals surface area contributed by atoms with Gasteiger partial charge in [-0.25, -0.2) is 4.98 Å². The number of rotatable bonds is 3. The maximum absolute atomic E-state index is 12.6. The second-order valence-electron chi connectivity index (χ2n) is 6.08. The van der Waals surface area contributed by atoms with Crippen LogP contribution in [0.2, 0.25) is 0 Å². The number of allylic oxidation sites excluding steroid dienone is 4. The van der Waals surface area contributed by atoms with Crippen molar-refractivity contribution in [1.29, 1.82) is 0 Å². The Labute approximate surface area is 155 Å². The Balaban J connectivity index is 1.56. The predicted molar refractivity (Wildman–Crippen MR) is 102 cm³/mol. The molecule has 1 amide bonds. The van der Waals surface area contributed by atoms with E-state index in [0.29, 0.717) is 10.0 Å².